The maximum atomic E-state index is 13.5. The maximum Gasteiger partial charge on any atom is 0.336 e. The lowest BCUT2D eigenvalue weighted by Crippen LogP contribution is -2.38. The van der Waals surface area contributed by atoms with Crippen LogP contribution in [0.15, 0.2) is 63.5 Å². The minimum absolute atomic E-state index is 0.0623. The lowest BCUT2D eigenvalue weighted by atomic mass is 10.2. The first-order valence-electron chi connectivity index (χ1n) is 8.28. The highest BCUT2D eigenvalue weighted by Crippen LogP contribution is 2.21. The lowest BCUT2D eigenvalue weighted by Gasteiger charge is -2.12. The van der Waals surface area contributed by atoms with Gasteiger partial charge in [-0.2, -0.15) is 0 Å². The SMILES string of the molecule is O=c1c2sccc2n(Cc2ccc([N+](=O)[O-])cc2)c(=O)n1-c1ccc(F)c(Cl)c1. The van der Waals surface area contributed by atoms with E-state index in [0.29, 0.717) is 15.8 Å². The minimum Gasteiger partial charge on any atom is -0.288 e. The molecule has 29 heavy (non-hydrogen) atoms. The molecule has 0 aliphatic carbocycles. The van der Waals surface area contributed by atoms with Crippen LogP contribution < -0.4 is 11.2 Å². The van der Waals surface area contributed by atoms with Crippen LogP contribution in [0.3, 0.4) is 0 Å². The molecule has 0 atom stereocenters. The fraction of sp³-hybridized carbons (Fsp3) is 0.0526. The molecule has 0 aliphatic rings. The average Bonchev–Trinajstić information content (AvgIpc) is 3.18. The van der Waals surface area contributed by atoms with E-state index in [-0.39, 0.29) is 22.9 Å². The third kappa shape index (κ3) is 3.34. The molecular weight excluding hydrogens is 421 g/mol. The van der Waals surface area contributed by atoms with E-state index in [2.05, 4.69) is 0 Å². The summed E-state index contributed by atoms with van der Waals surface area (Å²) in [4.78, 5) is 36.4. The highest BCUT2D eigenvalue weighted by atomic mass is 35.5. The van der Waals surface area contributed by atoms with E-state index in [1.54, 1.807) is 23.6 Å². The van der Waals surface area contributed by atoms with Crippen LogP contribution in [0.1, 0.15) is 5.56 Å². The molecule has 0 saturated carbocycles. The van der Waals surface area contributed by atoms with E-state index >= 15 is 0 Å². The first kappa shape index (κ1) is 19.0. The molecule has 10 heteroatoms. The van der Waals surface area contributed by atoms with Gasteiger partial charge in [0.05, 0.1) is 27.7 Å². The third-order valence-corrected chi connectivity index (χ3v) is 5.59. The van der Waals surface area contributed by atoms with Gasteiger partial charge in [-0.25, -0.2) is 13.8 Å². The molecule has 0 saturated heterocycles. The summed E-state index contributed by atoms with van der Waals surface area (Å²) < 4.78 is 16.2. The molecular formula is C19H11ClFN3O4S. The molecule has 0 bridgehead atoms. The summed E-state index contributed by atoms with van der Waals surface area (Å²) in [6, 6.07) is 11.1. The van der Waals surface area contributed by atoms with E-state index in [4.69, 9.17) is 11.6 Å². The molecule has 2 aromatic carbocycles. The van der Waals surface area contributed by atoms with Crippen LogP contribution in [0.2, 0.25) is 5.02 Å². The van der Waals surface area contributed by atoms with Gasteiger partial charge in [0, 0.05) is 12.1 Å². The number of nitro groups is 1. The van der Waals surface area contributed by atoms with Gasteiger partial charge < -0.3 is 0 Å². The molecule has 0 aliphatic heterocycles. The summed E-state index contributed by atoms with van der Waals surface area (Å²) in [6.45, 7) is 0.0965. The molecule has 7 nitrogen and oxygen atoms in total. The normalized spacial score (nSPS) is 11.1. The van der Waals surface area contributed by atoms with Gasteiger partial charge in [-0.15, -0.1) is 11.3 Å². The monoisotopic (exact) mass is 431 g/mol. The average molecular weight is 432 g/mol. The Balaban J connectivity index is 1.91. The molecule has 2 aromatic heterocycles. The van der Waals surface area contributed by atoms with Gasteiger partial charge in [-0.1, -0.05) is 23.7 Å². The number of hydrogen-bond donors (Lipinski definition) is 0. The van der Waals surface area contributed by atoms with E-state index in [9.17, 15) is 24.1 Å². The largest absolute Gasteiger partial charge is 0.336 e. The van der Waals surface area contributed by atoms with Crippen LogP contribution in [0, 0.1) is 15.9 Å². The molecule has 2 heterocycles. The number of rotatable bonds is 4. The van der Waals surface area contributed by atoms with E-state index < -0.39 is 22.0 Å². The second-order valence-corrected chi connectivity index (χ2v) is 7.49. The Bertz CT molecular complexity index is 1380. The van der Waals surface area contributed by atoms with Crippen LogP contribution in [-0.2, 0) is 6.54 Å². The summed E-state index contributed by atoms with van der Waals surface area (Å²) >= 11 is 7.00. The predicted molar refractivity (Wildman–Crippen MR) is 109 cm³/mol. The number of fused-ring (bicyclic) bond motifs is 1. The van der Waals surface area contributed by atoms with Crippen LogP contribution in [0.25, 0.3) is 15.9 Å². The molecule has 4 rings (SSSR count). The molecule has 0 amide bonds. The zero-order valence-electron chi connectivity index (χ0n) is 14.5. The number of nitro benzene ring substituents is 1. The Morgan fingerprint density at radius 3 is 2.48 bits per heavy atom. The quantitative estimate of drug-likeness (QED) is 0.361. The van der Waals surface area contributed by atoms with Gasteiger partial charge in [0.1, 0.15) is 10.5 Å². The highest BCUT2D eigenvalue weighted by molar-refractivity contribution is 7.17. The summed E-state index contributed by atoms with van der Waals surface area (Å²) in [5.74, 6) is -0.660. The first-order chi connectivity index (χ1) is 13.9. The Hall–Kier alpha value is -3.30. The van der Waals surface area contributed by atoms with Crippen molar-refractivity contribution in [3.8, 4) is 5.69 Å². The molecule has 4 aromatic rings. The minimum atomic E-state index is -0.660. The number of nitrogens with zero attached hydrogens (tertiary/aromatic N) is 3. The number of hydrogen-bond acceptors (Lipinski definition) is 5. The van der Waals surface area contributed by atoms with Crippen molar-refractivity contribution >= 4 is 38.8 Å². The Labute approximate surface area is 171 Å². The van der Waals surface area contributed by atoms with Crippen molar-refractivity contribution in [2.24, 2.45) is 0 Å². The van der Waals surface area contributed by atoms with Crippen molar-refractivity contribution in [3.63, 3.8) is 0 Å². The molecule has 0 spiro atoms. The summed E-state index contributed by atoms with van der Waals surface area (Å²) in [5, 5.41) is 12.3. The van der Waals surface area contributed by atoms with Crippen molar-refractivity contribution in [1.29, 1.82) is 0 Å². The number of aromatic nitrogens is 2. The van der Waals surface area contributed by atoms with E-state index in [1.165, 1.54) is 40.2 Å². The van der Waals surface area contributed by atoms with Gasteiger partial charge in [0.2, 0.25) is 0 Å². The van der Waals surface area contributed by atoms with Crippen molar-refractivity contribution in [3.05, 3.63) is 101 Å². The Morgan fingerprint density at radius 1 is 1.10 bits per heavy atom. The van der Waals surface area contributed by atoms with Crippen LogP contribution in [-0.4, -0.2) is 14.1 Å². The number of thiophene rings is 1. The van der Waals surface area contributed by atoms with Crippen LogP contribution in [0.4, 0.5) is 10.1 Å². The Morgan fingerprint density at radius 2 is 1.83 bits per heavy atom. The standard InChI is InChI=1S/C19H11ClFN3O4S/c20-14-9-13(5-6-15(14)21)23-18(25)17-16(7-8-29-17)22(19(23)26)10-11-1-3-12(4-2-11)24(27)28/h1-9H,10H2. The summed E-state index contributed by atoms with van der Waals surface area (Å²) in [7, 11) is 0. The van der Waals surface area contributed by atoms with Crippen molar-refractivity contribution in [2.75, 3.05) is 0 Å². The zero-order chi connectivity index (χ0) is 20.7. The second-order valence-electron chi connectivity index (χ2n) is 6.17. The van der Waals surface area contributed by atoms with Crippen molar-refractivity contribution < 1.29 is 9.31 Å². The van der Waals surface area contributed by atoms with Gasteiger partial charge in [0.25, 0.3) is 11.2 Å². The van der Waals surface area contributed by atoms with Crippen LogP contribution in [0.5, 0.6) is 0 Å². The number of halogens is 2. The second kappa shape index (κ2) is 7.26. The number of benzene rings is 2. The molecule has 0 radical (unpaired) electrons. The topological polar surface area (TPSA) is 87.1 Å². The van der Waals surface area contributed by atoms with Gasteiger partial charge in [-0.3, -0.25) is 19.5 Å². The fourth-order valence-electron chi connectivity index (χ4n) is 3.00. The third-order valence-electron chi connectivity index (χ3n) is 4.40. The number of non-ortho nitro benzene ring substituents is 1. The van der Waals surface area contributed by atoms with Gasteiger partial charge >= 0.3 is 5.69 Å². The van der Waals surface area contributed by atoms with Crippen molar-refractivity contribution in [2.45, 2.75) is 6.54 Å². The predicted octanol–water partition coefficient (Wildman–Crippen LogP) is 3.96. The maximum absolute atomic E-state index is 13.5. The van der Waals surface area contributed by atoms with E-state index in [0.717, 1.165) is 10.6 Å². The molecule has 0 fully saturated rings. The summed E-state index contributed by atoms with van der Waals surface area (Å²) in [5.41, 5.74) is 0.0387. The Kier molecular flexibility index (Phi) is 4.77. The molecule has 0 unspecified atom stereocenters. The molecule has 0 N–H and O–H groups in total. The highest BCUT2D eigenvalue weighted by Gasteiger charge is 2.17. The molecule has 146 valence electrons. The lowest BCUT2D eigenvalue weighted by molar-refractivity contribution is -0.384. The van der Waals surface area contributed by atoms with Gasteiger partial charge in [-0.05, 0) is 35.2 Å². The summed E-state index contributed by atoms with van der Waals surface area (Å²) in [6.07, 6.45) is 0. The van der Waals surface area contributed by atoms with Gasteiger partial charge in [0.15, 0.2) is 0 Å². The fourth-order valence-corrected chi connectivity index (χ4v) is 4.00. The van der Waals surface area contributed by atoms with Crippen LogP contribution >= 0.6 is 22.9 Å². The van der Waals surface area contributed by atoms with E-state index in [1.807, 2.05) is 0 Å². The van der Waals surface area contributed by atoms with Crippen molar-refractivity contribution in [1.82, 2.24) is 9.13 Å². The first-order valence-corrected chi connectivity index (χ1v) is 9.54. The zero-order valence-corrected chi connectivity index (χ0v) is 16.1. The smallest absolute Gasteiger partial charge is 0.288 e.